The molecule has 2 aromatic rings. The minimum Gasteiger partial charge on any atom is -0.463 e. The Balaban J connectivity index is 1.60. The van der Waals surface area contributed by atoms with Crippen LogP contribution in [0.25, 0.3) is 0 Å². The lowest BCUT2D eigenvalue weighted by molar-refractivity contribution is 0.0197. The van der Waals surface area contributed by atoms with E-state index in [4.69, 9.17) is 33.2 Å². The summed E-state index contributed by atoms with van der Waals surface area (Å²) in [6.45, 7) is 0.0134. The monoisotopic (exact) mass is 447 g/mol. The van der Waals surface area contributed by atoms with E-state index < -0.39 is 29.9 Å². The number of aromatic nitrogens is 2. The van der Waals surface area contributed by atoms with Gasteiger partial charge in [0.25, 0.3) is 18.4 Å². The van der Waals surface area contributed by atoms with Crippen molar-refractivity contribution < 1.29 is 23.0 Å². The number of carbonyl (C=O) groups excluding carboxylic acids is 1. The third-order valence-electron chi connectivity index (χ3n) is 5.02. The van der Waals surface area contributed by atoms with Crippen molar-refractivity contribution >= 4 is 29.2 Å². The van der Waals surface area contributed by atoms with Crippen molar-refractivity contribution in [1.82, 2.24) is 9.97 Å². The zero-order valence-corrected chi connectivity index (χ0v) is 16.6. The molecule has 31 heavy (non-hydrogen) atoms. The Morgan fingerprint density at radius 1 is 1.45 bits per heavy atom. The Bertz CT molecular complexity index is 1090. The molecule has 4 rings (SSSR count). The summed E-state index contributed by atoms with van der Waals surface area (Å²) in [6, 6.07) is 3.95. The molecule has 1 amide bonds. The number of benzene rings is 1. The largest absolute Gasteiger partial charge is 0.463 e. The van der Waals surface area contributed by atoms with E-state index in [1.54, 1.807) is 0 Å². The van der Waals surface area contributed by atoms with Crippen molar-refractivity contribution in [2.75, 3.05) is 11.9 Å². The number of ether oxygens (including phenoxy) is 2. The first-order chi connectivity index (χ1) is 14.8. The highest BCUT2D eigenvalue weighted by Crippen LogP contribution is 2.57. The van der Waals surface area contributed by atoms with Gasteiger partial charge in [0.05, 0.1) is 12.4 Å². The number of fused-ring (bicyclic) bond motifs is 1. The Morgan fingerprint density at radius 3 is 2.94 bits per heavy atom. The van der Waals surface area contributed by atoms with Crippen molar-refractivity contribution in [2.24, 2.45) is 16.6 Å². The second-order valence-corrected chi connectivity index (χ2v) is 7.36. The predicted octanol–water partition coefficient (Wildman–Crippen LogP) is 2.59. The van der Waals surface area contributed by atoms with Gasteiger partial charge in [-0.2, -0.15) is 0 Å². The summed E-state index contributed by atoms with van der Waals surface area (Å²) in [5.41, 5.74) is 3.97. The van der Waals surface area contributed by atoms with Gasteiger partial charge in [-0.15, -0.1) is 6.42 Å². The zero-order chi connectivity index (χ0) is 22.2. The number of amides is 1. The lowest BCUT2D eigenvalue weighted by Gasteiger charge is -2.33. The molecule has 1 fully saturated rings. The van der Waals surface area contributed by atoms with Crippen molar-refractivity contribution in [3.63, 3.8) is 0 Å². The van der Waals surface area contributed by atoms with E-state index in [1.807, 2.05) is 0 Å². The van der Waals surface area contributed by atoms with Gasteiger partial charge in [-0.25, -0.2) is 23.7 Å². The molecule has 1 saturated carbocycles. The Morgan fingerprint density at radius 2 is 2.26 bits per heavy atom. The van der Waals surface area contributed by atoms with Crippen LogP contribution in [0.2, 0.25) is 5.02 Å². The summed E-state index contributed by atoms with van der Waals surface area (Å²) in [7, 11) is 0. The fourth-order valence-corrected chi connectivity index (χ4v) is 3.80. The number of nitrogens with zero attached hydrogens (tertiary/aromatic N) is 3. The van der Waals surface area contributed by atoms with Gasteiger partial charge in [-0.1, -0.05) is 17.5 Å². The molecule has 1 aromatic carbocycles. The van der Waals surface area contributed by atoms with Crippen LogP contribution < -0.4 is 15.8 Å². The van der Waals surface area contributed by atoms with Crippen LogP contribution in [0.1, 0.15) is 22.5 Å². The smallest absolute Gasteiger partial charge is 0.283 e. The van der Waals surface area contributed by atoms with Crippen LogP contribution in [-0.2, 0) is 10.3 Å². The quantitative estimate of drug-likeness (QED) is 0.658. The molecule has 1 aliphatic carbocycles. The Kier molecular flexibility index (Phi) is 5.37. The number of hydrogen-bond donors (Lipinski definition) is 2. The third-order valence-corrected chi connectivity index (χ3v) is 5.35. The Hall–Kier alpha value is -3.45. The van der Waals surface area contributed by atoms with E-state index in [1.165, 1.54) is 30.6 Å². The van der Waals surface area contributed by atoms with E-state index in [2.05, 4.69) is 26.2 Å². The molecule has 0 bridgehead atoms. The average Bonchev–Trinajstić information content (AvgIpc) is 3.53. The van der Waals surface area contributed by atoms with Crippen molar-refractivity contribution in [3.05, 3.63) is 46.9 Å². The van der Waals surface area contributed by atoms with Crippen LogP contribution >= 0.6 is 11.6 Å². The summed E-state index contributed by atoms with van der Waals surface area (Å²) in [4.78, 5) is 24.4. The summed E-state index contributed by atoms with van der Waals surface area (Å²) in [5.74, 6) is 1.28. The topological polar surface area (TPSA) is 112 Å². The van der Waals surface area contributed by atoms with E-state index in [9.17, 15) is 13.6 Å². The number of halogens is 3. The average molecular weight is 448 g/mol. The lowest BCUT2D eigenvalue weighted by atomic mass is 9.84. The number of aliphatic imine (C=N–C) groups is 1. The van der Waals surface area contributed by atoms with E-state index in [0.29, 0.717) is 6.42 Å². The highest BCUT2D eigenvalue weighted by atomic mass is 35.5. The molecule has 1 aromatic heterocycles. The molecule has 8 nitrogen and oxygen atoms in total. The molecule has 160 valence electrons. The summed E-state index contributed by atoms with van der Waals surface area (Å²) in [6.07, 6.45) is 4.61. The first-order valence-electron chi connectivity index (χ1n) is 9.15. The van der Waals surface area contributed by atoms with Crippen LogP contribution in [0.3, 0.4) is 0 Å². The first kappa shape index (κ1) is 20.8. The fraction of sp³-hybridized carbons (Fsp3) is 0.300. The van der Waals surface area contributed by atoms with E-state index in [-0.39, 0.29) is 40.5 Å². The fourth-order valence-electron chi connectivity index (χ4n) is 3.53. The zero-order valence-electron chi connectivity index (χ0n) is 15.9. The van der Waals surface area contributed by atoms with Gasteiger partial charge in [0, 0.05) is 22.2 Å². The maximum atomic E-state index is 14.3. The number of anilines is 1. The molecule has 1 unspecified atom stereocenters. The van der Waals surface area contributed by atoms with Gasteiger partial charge in [0.1, 0.15) is 11.8 Å². The number of hydrogen-bond acceptors (Lipinski definition) is 7. The second-order valence-electron chi connectivity index (χ2n) is 6.96. The Labute approximate surface area is 180 Å². The number of terminal acetylenes is 1. The molecule has 0 spiro atoms. The van der Waals surface area contributed by atoms with Crippen LogP contribution in [0.15, 0.2) is 35.6 Å². The van der Waals surface area contributed by atoms with E-state index in [0.717, 1.165) is 0 Å². The number of rotatable bonds is 6. The molecule has 1 aliphatic heterocycles. The molecule has 0 radical (unpaired) electrons. The van der Waals surface area contributed by atoms with Gasteiger partial charge in [-0.05, 0) is 24.6 Å². The molecule has 3 N–H and O–H groups in total. The minimum absolute atomic E-state index is 0.0104. The summed E-state index contributed by atoms with van der Waals surface area (Å²) in [5, 5.41) is 2.67. The van der Waals surface area contributed by atoms with Gasteiger partial charge in [0.15, 0.2) is 12.1 Å². The normalized spacial score (nSPS) is 23.8. The molecule has 2 aliphatic rings. The SMILES string of the molecule is C#CCOc1cnc(C(=O)Nc2ccc(Cl)c(C3(C(F)F)N=C(N)O[C@H]4C[C@H]43)c2)cn1. The number of nitrogens with one attached hydrogen (secondary N) is 1. The summed E-state index contributed by atoms with van der Waals surface area (Å²) < 4.78 is 38.9. The first-order valence-corrected chi connectivity index (χ1v) is 9.52. The van der Waals surface area contributed by atoms with Crippen LogP contribution in [0, 0.1) is 18.3 Å². The van der Waals surface area contributed by atoms with Crippen molar-refractivity contribution in [3.8, 4) is 18.2 Å². The summed E-state index contributed by atoms with van der Waals surface area (Å²) >= 11 is 6.26. The van der Waals surface area contributed by atoms with Gasteiger partial charge >= 0.3 is 0 Å². The number of alkyl halides is 2. The van der Waals surface area contributed by atoms with Gasteiger partial charge in [-0.3, -0.25) is 4.79 Å². The van der Waals surface area contributed by atoms with E-state index >= 15 is 0 Å². The predicted molar refractivity (Wildman–Crippen MR) is 108 cm³/mol. The molecular formula is C20H16ClF2N5O3. The third kappa shape index (κ3) is 3.84. The molecular weight excluding hydrogens is 432 g/mol. The van der Waals surface area contributed by atoms with Crippen LogP contribution in [-0.4, -0.2) is 41.0 Å². The number of amidine groups is 1. The number of nitrogens with two attached hydrogens (primary N) is 1. The lowest BCUT2D eigenvalue weighted by Crippen LogP contribution is -2.43. The van der Waals surface area contributed by atoms with Crippen LogP contribution in [0.5, 0.6) is 5.88 Å². The maximum absolute atomic E-state index is 14.3. The second kappa shape index (κ2) is 8.00. The highest BCUT2D eigenvalue weighted by molar-refractivity contribution is 6.31. The van der Waals surface area contributed by atoms with Gasteiger partial charge in [0.2, 0.25) is 5.88 Å². The molecule has 11 heteroatoms. The number of carbonyl (C=O) groups is 1. The molecule has 3 atom stereocenters. The van der Waals surface area contributed by atoms with Gasteiger partial charge < -0.3 is 20.5 Å². The maximum Gasteiger partial charge on any atom is 0.283 e. The van der Waals surface area contributed by atoms with Crippen molar-refractivity contribution in [1.29, 1.82) is 0 Å². The minimum atomic E-state index is -2.88. The molecule has 2 heterocycles. The van der Waals surface area contributed by atoms with Crippen LogP contribution in [0.4, 0.5) is 14.5 Å². The standard InChI is InChI=1S/C20H16ClF2N5O3/c1-2-5-30-16-9-25-14(8-26-16)17(29)27-10-3-4-13(21)11(6-10)20(18(22)23)12-7-15(12)31-19(24)28-20/h1,3-4,6,8-9,12,15,18H,5,7H2,(H2,24,28)(H,27,29)/t12-,15+,20?/m1/s1. The highest BCUT2D eigenvalue weighted by Gasteiger charge is 2.64. The molecule has 0 saturated heterocycles. The van der Waals surface area contributed by atoms with Crippen molar-refractivity contribution in [2.45, 2.75) is 24.5 Å².